The molecule has 3 aromatic carbocycles. The van der Waals surface area contributed by atoms with Gasteiger partial charge >= 0.3 is 17.9 Å². The van der Waals surface area contributed by atoms with Gasteiger partial charge in [0.2, 0.25) is 11.5 Å². The Bertz CT molecular complexity index is 1210. The molecule has 0 radical (unpaired) electrons. The van der Waals surface area contributed by atoms with Crippen LogP contribution in [0.5, 0.6) is 0 Å². The highest BCUT2D eigenvalue weighted by Gasteiger charge is 2.29. The highest BCUT2D eigenvalue weighted by atomic mass is 16.6. The Morgan fingerprint density at radius 1 is 0.576 bits per heavy atom. The zero-order valence-corrected chi connectivity index (χ0v) is 17.3. The van der Waals surface area contributed by atoms with Gasteiger partial charge in [0.05, 0.1) is 16.7 Å². The van der Waals surface area contributed by atoms with E-state index in [1.165, 1.54) is 0 Å². The van der Waals surface area contributed by atoms with Crippen molar-refractivity contribution in [3.63, 3.8) is 0 Å². The zero-order valence-electron chi connectivity index (χ0n) is 17.3. The lowest BCUT2D eigenvalue weighted by molar-refractivity contribution is 0.0370. The standard InChI is InChI=1S/C26H18O7/c27-24(18-10-4-1-5-11-18)31-21-16-30-17-22(32-25(28)19-12-6-2-7-13-19)23(21)33-26(29)20-14-8-3-9-15-20/h1-16H,17H2. The van der Waals surface area contributed by atoms with Gasteiger partial charge in [-0.15, -0.1) is 0 Å². The van der Waals surface area contributed by atoms with Crippen LogP contribution >= 0.6 is 0 Å². The van der Waals surface area contributed by atoms with Crippen molar-refractivity contribution in [1.82, 2.24) is 0 Å². The van der Waals surface area contributed by atoms with Crippen molar-refractivity contribution in [3.05, 3.63) is 131 Å². The fourth-order valence-corrected chi connectivity index (χ4v) is 2.91. The Balaban J connectivity index is 1.64. The molecule has 0 saturated carbocycles. The van der Waals surface area contributed by atoms with Gasteiger partial charge in [0.25, 0.3) is 0 Å². The summed E-state index contributed by atoms with van der Waals surface area (Å²) < 4.78 is 21.7. The molecule has 7 heteroatoms. The van der Waals surface area contributed by atoms with Crippen LogP contribution in [0, 0.1) is 0 Å². The van der Waals surface area contributed by atoms with Crippen LogP contribution in [0.2, 0.25) is 0 Å². The Morgan fingerprint density at radius 3 is 1.48 bits per heavy atom. The summed E-state index contributed by atoms with van der Waals surface area (Å²) in [5.74, 6) is -2.62. The van der Waals surface area contributed by atoms with Crippen molar-refractivity contribution in [2.45, 2.75) is 0 Å². The van der Waals surface area contributed by atoms with E-state index in [2.05, 4.69) is 0 Å². The second-order valence-corrected chi connectivity index (χ2v) is 6.81. The second-order valence-electron chi connectivity index (χ2n) is 6.81. The van der Waals surface area contributed by atoms with Gasteiger partial charge in [-0.25, -0.2) is 14.4 Å². The molecule has 0 spiro atoms. The van der Waals surface area contributed by atoms with Crippen LogP contribution in [0.25, 0.3) is 0 Å². The average molecular weight is 442 g/mol. The van der Waals surface area contributed by atoms with Gasteiger partial charge in [-0.3, -0.25) is 0 Å². The van der Waals surface area contributed by atoms with E-state index < -0.39 is 17.9 Å². The van der Waals surface area contributed by atoms with Crippen LogP contribution in [-0.2, 0) is 18.9 Å². The number of carbonyl (C=O) groups is 3. The largest absolute Gasteiger partial charge is 0.489 e. The van der Waals surface area contributed by atoms with Gasteiger partial charge in [-0.2, -0.15) is 0 Å². The van der Waals surface area contributed by atoms with Crippen LogP contribution in [0.3, 0.4) is 0 Å². The van der Waals surface area contributed by atoms with Gasteiger partial charge in [0.1, 0.15) is 12.9 Å². The van der Waals surface area contributed by atoms with Crippen LogP contribution in [-0.4, -0.2) is 24.5 Å². The van der Waals surface area contributed by atoms with Crippen LogP contribution in [0.15, 0.2) is 115 Å². The molecule has 164 valence electrons. The molecule has 1 aliphatic heterocycles. The van der Waals surface area contributed by atoms with Crippen molar-refractivity contribution in [1.29, 1.82) is 0 Å². The Labute approximate surface area is 189 Å². The molecular formula is C26H18O7. The van der Waals surface area contributed by atoms with Crippen molar-refractivity contribution in [2.24, 2.45) is 0 Å². The fraction of sp³-hybridized carbons (Fsp3) is 0.0385. The Hall–Kier alpha value is -4.65. The number of rotatable bonds is 6. The maximum absolute atomic E-state index is 12.7. The third kappa shape index (κ3) is 5.34. The summed E-state index contributed by atoms with van der Waals surface area (Å²) in [4.78, 5) is 37.9. The molecule has 4 rings (SSSR count). The SMILES string of the molecule is O=C(OC1=COCC(OC(=O)c2ccccc2)=C1OC(=O)c1ccccc1)c1ccccc1. The maximum atomic E-state index is 12.7. The van der Waals surface area contributed by atoms with Crippen molar-refractivity contribution < 1.29 is 33.3 Å². The first kappa shape index (κ1) is 21.6. The molecule has 33 heavy (non-hydrogen) atoms. The number of hydrogen-bond donors (Lipinski definition) is 0. The van der Waals surface area contributed by atoms with Gasteiger partial charge in [0, 0.05) is 0 Å². The maximum Gasteiger partial charge on any atom is 0.343 e. The normalized spacial score (nSPS) is 12.8. The van der Waals surface area contributed by atoms with Gasteiger partial charge in [-0.1, -0.05) is 54.6 Å². The van der Waals surface area contributed by atoms with Crippen molar-refractivity contribution in [2.75, 3.05) is 6.61 Å². The van der Waals surface area contributed by atoms with Gasteiger partial charge < -0.3 is 18.9 Å². The summed E-state index contributed by atoms with van der Waals surface area (Å²) in [6, 6.07) is 24.8. The predicted molar refractivity (Wildman–Crippen MR) is 117 cm³/mol. The third-order valence-electron chi connectivity index (χ3n) is 4.52. The predicted octanol–water partition coefficient (Wildman–Crippen LogP) is 4.64. The summed E-state index contributed by atoms with van der Waals surface area (Å²) in [6.07, 6.45) is 1.13. The lowest BCUT2D eigenvalue weighted by Crippen LogP contribution is -2.21. The molecule has 0 amide bonds. The number of benzene rings is 3. The Morgan fingerprint density at radius 2 is 1.00 bits per heavy atom. The van der Waals surface area contributed by atoms with E-state index in [1.807, 2.05) is 0 Å². The second kappa shape index (κ2) is 10.1. The number of hydrogen-bond acceptors (Lipinski definition) is 7. The zero-order chi connectivity index (χ0) is 23.0. The molecule has 7 nitrogen and oxygen atoms in total. The number of ether oxygens (including phenoxy) is 4. The van der Waals surface area contributed by atoms with Crippen LogP contribution < -0.4 is 0 Å². The van der Waals surface area contributed by atoms with Crippen LogP contribution in [0.4, 0.5) is 0 Å². The minimum absolute atomic E-state index is 0.105. The summed E-state index contributed by atoms with van der Waals surface area (Å²) in [5, 5.41) is 0. The van der Waals surface area contributed by atoms with Crippen LogP contribution in [0.1, 0.15) is 31.1 Å². The third-order valence-corrected chi connectivity index (χ3v) is 4.52. The van der Waals surface area contributed by atoms with E-state index in [9.17, 15) is 14.4 Å². The molecule has 0 saturated heterocycles. The first-order valence-electron chi connectivity index (χ1n) is 9.99. The molecule has 1 aliphatic rings. The summed E-state index contributed by atoms with van der Waals surface area (Å²) in [6.45, 7) is -0.206. The van der Waals surface area contributed by atoms with Crippen molar-refractivity contribution in [3.8, 4) is 0 Å². The van der Waals surface area contributed by atoms with E-state index in [0.717, 1.165) is 6.26 Å². The minimum Gasteiger partial charge on any atom is -0.489 e. The smallest absolute Gasteiger partial charge is 0.343 e. The average Bonchev–Trinajstić information content (AvgIpc) is 2.87. The molecule has 0 fully saturated rings. The monoisotopic (exact) mass is 442 g/mol. The lowest BCUT2D eigenvalue weighted by atomic mass is 10.2. The molecule has 0 N–H and O–H groups in total. The number of carbonyl (C=O) groups excluding carboxylic acids is 3. The lowest BCUT2D eigenvalue weighted by Gasteiger charge is -2.20. The summed E-state index contributed by atoms with van der Waals surface area (Å²) in [7, 11) is 0. The summed E-state index contributed by atoms with van der Waals surface area (Å²) in [5.41, 5.74) is 0.829. The quantitative estimate of drug-likeness (QED) is 0.406. The highest BCUT2D eigenvalue weighted by Crippen LogP contribution is 2.27. The topological polar surface area (TPSA) is 88.1 Å². The van der Waals surface area contributed by atoms with E-state index >= 15 is 0 Å². The first-order chi connectivity index (χ1) is 16.1. The molecule has 0 unspecified atom stereocenters. The van der Waals surface area contributed by atoms with E-state index in [0.29, 0.717) is 0 Å². The summed E-state index contributed by atoms with van der Waals surface area (Å²) >= 11 is 0. The van der Waals surface area contributed by atoms with E-state index in [-0.39, 0.29) is 40.6 Å². The van der Waals surface area contributed by atoms with E-state index in [4.69, 9.17) is 18.9 Å². The van der Waals surface area contributed by atoms with E-state index in [1.54, 1.807) is 91.0 Å². The molecule has 1 heterocycles. The fourth-order valence-electron chi connectivity index (χ4n) is 2.91. The minimum atomic E-state index is -0.720. The van der Waals surface area contributed by atoms with Crippen molar-refractivity contribution >= 4 is 17.9 Å². The van der Waals surface area contributed by atoms with Gasteiger partial charge in [-0.05, 0) is 36.4 Å². The highest BCUT2D eigenvalue weighted by molar-refractivity contribution is 5.92. The van der Waals surface area contributed by atoms with Gasteiger partial charge in [0.15, 0.2) is 5.76 Å². The number of esters is 3. The molecule has 0 aliphatic carbocycles. The molecule has 0 bridgehead atoms. The molecule has 0 aromatic heterocycles. The Kier molecular flexibility index (Phi) is 6.61. The molecule has 3 aromatic rings. The molecular weight excluding hydrogens is 424 g/mol. The molecule has 0 atom stereocenters. The first-order valence-corrected chi connectivity index (χ1v) is 9.99.